The molecule has 1 aromatic rings. The standard InChI is InChI=1S/C28H48O6/c1-3-5-6-7-8-9-10-11-27-12-14-28(15-13-27)34-26-25-33-24-23-32-22-21-31-20-19-30-18-17-29-16-4-2/h4,12-15H,2-3,5-11,16-26H2,1H3. The molecule has 0 radical (unpaired) electrons. The number of benzene rings is 1. The Kier molecular flexibility index (Phi) is 22.2. The van der Waals surface area contributed by atoms with Gasteiger partial charge in [-0.15, -0.1) is 6.58 Å². The van der Waals surface area contributed by atoms with Gasteiger partial charge < -0.3 is 28.4 Å². The molecule has 0 heterocycles. The smallest absolute Gasteiger partial charge is 0.119 e. The van der Waals surface area contributed by atoms with Crippen LogP contribution in [0.15, 0.2) is 36.9 Å². The van der Waals surface area contributed by atoms with E-state index in [0.29, 0.717) is 72.7 Å². The Morgan fingerprint density at radius 1 is 0.588 bits per heavy atom. The molecule has 6 heteroatoms. The van der Waals surface area contributed by atoms with Crippen molar-refractivity contribution in [2.75, 3.05) is 72.7 Å². The summed E-state index contributed by atoms with van der Waals surface area (Å²) < 4.78 is 32.8. The highest BCUT2D eigenvalue weighted by molar-refractivity contribution is 5.27. The second-order valence-corrected chi connectivity index (χ2v) is 8.18. The first-order valence-corrected chi connectivity index (χ1v) is 13.1. The van der Waals surface area contributed by atoms with E-state index in [2.05, 4.69) is 37.8 Å². The van der Waals surface area contributed by atoms with Crippen molar-refractivity contribution in [3.63, 3.8) is 0 Å². The van der Waals surface area contributed by atoms with Gasteiger partial charge in [-0.05, 0) is 30.5 Å². The summed E-state index contributed by atoms with van der Waals surface area (Å²) >= 11 is 0. The Bertz CT molecular complexity index is 548. The van der Waals surface area contributed by atoms with Gasteiger partial charge in [-0.3, -0.25) is 0 Å². The normalized spacial score (nSPS) is 11.1. The highest BCUT2D eigenvalue weighted by Gasteiger charge is 1.98. The van der Waals surface area contributed by atoms with Crippen LogP contribution in [0.3, 0.4) is 0 Å². The van der Waals surface area contributed by atoms with Gasteiger partial charge >= 0.3 is 0 Å². The van der Waals surface area contributed by atoms with E-state index in [4.69, 9.17) is 28.4 Å². The van der Waals surface area contributed by atoms with Crippen molar-refractivity contribution < 1.29 is 28.4 Å². The number of rotatable bonds is 26. The molecule has 0 spiro atoms. The summed E-state index contributed by atoms with van der Waals surface area (Å²) in [5, 5.41) is 0. The summed E-state index contributed by atoms with van der Waals surface area (Å²) in [4.78, 5) is 0. The summed E-state index contributed by atoms with van der Waals surface area (Å²) in [5.74, 6) is 0.897. The largest absolute Gasteiger partial charge is 0.491 e. The quantitative estimate of drug-likeness (QED) is 0.127. The first-order chi connectivity index (χ1) is 16.9. The van der Waals surface area contributed by atoms with Gasteiger partial charge in [0.2, 0.25) is 0 Å². The molecule has 1 aromatic carbocycles. The van der Waals surface area contributed by atoms with Crippen LogP contribution in [0.2, 0.25) is 0 Å². The average Bonchev–Trinajstić information content (AvgIpc) is 2.86. The topological polar surface area (TPSA) is 55.4 Å². The van der Waals surface area contributed by atoms with E-state index in [1.807, 2.05) is 0 Å². The van der Waals surface area contributed by atoms with Crippen molar-refractivity contribution >= 4 is 0 Å². The van der Waals surface area contributed by atoms with Gasteiger partial charge in [-0.1, -0.05) is 63.7 Å². The molecule has 196 valence electrons. The average molecular weight is 481 g/mol. The molecule has 0 saturated carbocycles. The van der Waals surface area contributed by atoms with Crippen molar-refractivity contribution in [3.8, 4) is 5.75 Å². The zero-order chi connectivity index (χ0) is 24.4. The molecule has 0 aliphatic carbocycles. The minimum atomic E-state index is 0.541. The molecule has 0 atom stereocenters. The summed E-state index contributed by atoms with van der Waals surface area (Å²) in [6.07, 6.45) is 12.3. The Morgan fingerprint density at radius 3 is 1.59 bits per heavy atom. The van der Waals surface area contributed by atoms with Crippen LogP contribution in [-0.4, -0.2) is 72.7 Å². The van der Waals surface area contributed by atoms with Crippen molar-refractivity contribution in [1.82, 2.24) is 0 Å². The van der Waals surface area contributed by atoms with Crippen LogP contribution < -0.4 is 4.74 Å². The Hall–Kier alpha value is -1.44. The third-order valence-corrected chi connectivity index (χ3v) is 5.21. The molecule has 0 aliphatic heterocycles. The molecule has 0 N–H and O–H groups in total. The fourth-order valence-corrected chi connectivity index (χ4v) is 3.30. The molecule has 0 saturated heterocycles. The predicted molar refractivity (Wildman–Crippen MR) is 138 cm³/mol. The van der Waals surface area contributed by atoms with Gasteiger partial charge in [0, 0.05) is 0 Å². The second kappa shape index (κ2) is 24.7. The van der Waals surface area contributed by atoms with Gasteiger partial charge in [-0.2, -0.15) is 0 Å². The maximum Gasteiger partial charge on any atom is 0.119 e. The molecule has 0 aliphatic rings. The number of ether oxygens (including phenoxy) is 6. The van der Waals surface area contributed by atoms with Crippen LogP contribution >= 0.6 is 0 Å². The second-order valence-electron chi connectivity index (χ2n) is 8.18. The van der Waals surface area contributed by atoms with Crippen LogP contribution in [-0.2, 0) is 30.1 Å². The summed E-state index contributed by atoms with van der Waals surface area (Å²) in [5.41, 5.74) is 1.39. The third kappa shape index (κ3) is 20.0. The number of aryl methyl sites for hydroxylation is 1. The summed E-state index contributed by atoms with van der Waals surface area (Å²) in [7, 11) is 0. The monoisotopic (exact) mass is 480 g/mol. The molecule has 0 unspecified atom stereocenters. The lowest BCUT2D eigenvalue weighted by Gasteiger charge is -2.09. The highest BCUT2D eigenvalue weighted by Crippen LogP contribution is 2.15. The Balaban J connectivity index is 1.83. The van der Waals surface area contributed by atoms with E-state index in [1.54, 1.807) is 6.08 Å². The van der Waals surface area contributed by atoms with E-state index in [0.717, 1.165) is 12.2 Å². The van der Waals surface area contributed by atoms with Crippen LogP contribution in [0.1, 0.15) is 57.4 Å². The Morgan fingerprint density at radius 2 is 1.06 bits per heavy atom. The van der Waals surface area contributed by atoms with Gasteiger partial charge in [0.1, 0.15) is 12.4 Å². The fraction of sp³-hybridized carbons (Fsp3) is 0.714. The van der Waals surface area contributed by atoms with Gasteiger partial charge in [0.25, 0.3) is 0 Å². The fourth-order valence-electron chi connectivity index (χ4n) is 3.30. The molecule has 0 fully saturated rings. The molecule has 34 heavy (non-hydrogen) atoms. The van der Waals surface area contributed by atoms with Crippen molar-refractivity contribution in [2.24, 2.45) is 0 Å². The van der Waals surface area contributed by atoms with Crippen LogP contribution in [0.4, 0.5) is 0 Å². The molecule has 6 nitrogen and oxygen atoms in total. The number of unbranched alkanes of at least 4 members (excludes halogenated alkanes) is 6. The number of hydrogen-bond acceptors (Lipinski definition) is 6. The molecular weight excluding hydrogens is 432 g/mol. The molecule has 0 bridgehead atoms. The van der Waals surface area contributed by atoms with E-state index in [1.165, 1.54) is 50.5 Å². The minimum Gasteiger partial charge on any atom is -0.491 e. The zero-order valence-corrected chi connectivity index (χ0v) is 21.5. The first kappa shape index (κ1) is 30.6. The highest BCUT2D eigenvalue weighted by atomic mass is 16.6. The lowest BCUT2D eigenvalue weighted by atomic mass is 10.0. The third-order valence-electron chi connectivity index (χ3n) is 5.21. The SMILES string of the molecule is C=CCOCCOCCOCCOCCOCCOc1ccc(CCCCCCCCC)cc1. The van der Waals surface area contributed by atoms with E-state index >= 15 is 0 Å². The zero-order valence-electron chi connectivity index (χ0n) is 21.5. The van der Waals surface area contributed by atoms with Gasteiger partial charge in [0.05, 0.1) is 66.1 Å². The predicted octanol–water partition coefficient (Wildman–Crippen LogP) is 5.63. The maximum absolute atomic E-state index is 5.75. The minimum absolute atomic E-state index is 0.541. The summed E-state index contributed by atoms with van der Waals surface area (Å²) in [6, 6.07) is 8.46. The van der Waals surface area contributed by atoms with Crippen LogP contribution in [0.25, 0.3) is 0 Å². The van der Waals surface area contributed by atoms with Gasteiger partial charge in [0.15, 0.2) is 0 Å². The van der Waals surface area contributed by atoms with Crippen molar-refractivity contribution in [3.05, 3.63) is 42.5 Å². The van der Waals surface area contributed by atoms with E-state index < -0.39 is 0 Å². The van der Waals surface area contributed by atoms with Gasteiger partial charge in [-0.25, -0.2) is 0 Å². The Labute approximate surface area is 207 Å². The lowest BCUT2D eigenvalue weighted by molar-refractivity contribution is -0.0112. The van der Waals surface area contributed by atoms with E-state index in [9.17, 15) is 0 Å². The first-order valence-electron chi connectivity index (χ1n) is 13.1. The van der Waals surface area contributed by atoms with Crippen molar-refractivity contribution in [1.29, 1.82) is 0 Å². The molecule has 0 amide bonds. The maximum atomic E-state index is 5.75. The van der Waals surface area contributed by atoms with Crippen molar-refractivity contribution in [2.45, 2.75) is 58.3 Å². The van der Waals surface area contributed by atoms with E-state index in [-0.39, 0.29) is 0 Å². The van der Waals surface area contributed by atoms with Crippen LogP contribution in [0, 0.1) is 0 Å². The lowest BCUT2D eigenvalue weighted by Crippen LogP contribution is -2.14. The number of hydrogen-bond donors (Lipinski definition) is 0. The summed E-state index contributed by atoms with van der Waals surface area (Å²) in [6.45, 7) is 12.0. The molecular formula is C28H48O6. The molecule has 1 rings (SSSR count). The molecule has 0 aromatic heterocycles. The van der Waals surface area contributed by atoms with Crippen LogP contribution in [0.5, 0.6) is 5.75 Å².